The standard InChI is InChI=1S/C27H25ClN4O4S/c1-36-22-13-7-18(8-14-22)15-25(34)30-32-23(16-24(33)29-21-11-9-20(28)10-12-21)26(35)31(27(32)37)17-19-5-3-2-4-6-19/h2-14,23H,15-17H2,1H3,(H,29,33)(H,30,34). The minimum atomic E-state index is -0.997. The monoisotopic (exact) mass is 536 g/mol. The Hall–Kier alpha value is -3.95. The lowest BCUT2D eigenvalue weighted by molar-refractivity contribution is -0.132. The van der Waals surface area contributed by atoms with Gasteiger partial charge in [0.25, 0.3) is 5.91 Å². The van der Waals surface area contributed by atoms with Gasteiger partial charge >= 0.3 is 0 Å². The van der Waals surface area contributed by atoms with Crippen LogP contribution in [0.4, 0.5) is 5.69 Å². The van der Waals surface area contributed by atoms with E-state index in [-0.39, 0.29) is 36.3 Å². The molecule has 1 aliphatic heterocycles. The molecule has 0 spiro atoms. The van der Waals surface area contributed by atoms with Crippen molar-refractivity contribution in [1.29, 1.82) is 0 Å². The third-order valence-electron chi connectivity index (χ3n) is 5.76. The molecule has 0 radical (unpaired) electrons. The maximum atomic E-state index is 13.4. The highest BCUT2D eigenvalue weighted by atomic mass is 35.5. The van der Waals surface area contributed by atoms with Gasteiger partial charge < -0.3 is 10.1 Å². The molecule has 4 rings (SSSR count). The molecule has 0 bridgehead atoms. The zero-order chi connectivity index (χ0) is 26.4. The summed E-state index contributed by atoms with van der Waals surface area (Å²) in [6.07, 6.45) is -0.157. The van der Waals surface area contributed by atoms with Gasteiger partial charge in [0.15, 0.2) is 5.11 Å². The average molecular weight is 537 g/mol. The Kier molecular flexibility index (Phi) is 8.37. The highest BCUT2D eigenvalue weighted by Crippen LogP contribution is 2.23. The number of amides is 3. The lowest BCUT2D eigenvalue weighted by atomic mass is 10.1. The van der Waals surface area contributed by atoms with Gasteiger partial charge in [-0.1, -0.05) is 54.1 Å². The van der Waals surface area contributed by atoms with E-state index in [4.69, 9.17) is 28.6 Å². The maximum absolute atomic E-state index is 13.4. The van der Waals surface area contributed by atoms with Crippen LogP contribution in [0.15, 0.2) is 78.9 Å². The van der Waals surface area contributed by atoms with E-state index in [0.29, 0.717) is 16.5 Å². The predicted molar refractivity (Wildman–Crippen MR) is 145 cm³/mol. The Balaban J connectivity index is 1.50. The van der Waals surface area contributed by atoms with Gasteiger partial charge in [-0.2, -0.15) is 0 Å². The molecule has 1 aliphatic rings. The number of carbonyl (C=O) groups is 3. The van der Waals surface area contributed by atoms with Gasteiger partial charge in [-0.3, -0.25) is 24.7 Å². The highest BCUT2D eigenvalue weighted by molar-refractivity contribution is 7.80. The second kappa shape index (κ2) is 11.9. The first-order valence-corrected chi connectivity index (χ1v) is 12.3. The fraction of sp³-hybridized carbons (Fsp3) is 0.185. The number of rotatable bonds is 9. The zero-order valence-corrected chi connectivity index (χ0v) is 21.6. The molecule has 3 aromatic rings. The number of nitrogens with zero attached hydrogens (tertiary/aromatic N) is 2. The number of hydrazine groups is 1. The number of anilines is 1. The van der Waals surface area contributed by atoms with Crippen LogP contribution in [0.1, 0.15) is 17.5 Å². The average Bonchev–Trinajstić information content (AvgIpc) is 3.10. The third kappa shape index (κ3) is 6.63. The largest absolute Gasteiger partial charge is 0.497 e. The van der Waals surface area contributed by atoms with Gasteiger partial charge in [-0.05, 0) is 59.7 Å². The third-order valence-corrected chi connectivity index (χ3v) is 6.43. The van der Waals surface area contributed by atoms with Crippen molar-refractivity contribution in [2.75, 3.05) is 12.4 Å². The highest BCUT2D eigenvalue weighted by Gasteiger charge is 2.44. The van der Waals surface area contributed by atoms with Crippen LogP contribution in [0.2, 0.25) is 5.02 Å². The number of methoxy groups -OCH3 is 1. The summed E-state index contributed by atoms with van der Waals surface area (Å²) >= 11 is 11.5. The first-order chi connectivity index (χ1) is 17.8. The van der Waals surface area contributed by atoms with Crippen LogP contribution in [0.25, 0.3) is 0 Å². The minimum absolute atomic E-state index is 0.0552. The number of hydrogen-bond acceptors (Lipinski definition) is 5. The quantitative estimate of drug-likeness (QED) is 0.402. The fourth-order valence-electron chi connectivity index (χ4n) is 3.89. The molecule has 1 heterocycles. The van der Waals surface area contributed by atoms with Crippen LogP contribution < -0.4 is 15.5 Å². The van der Waals surface area contributed by atoms with Gasteiger partial charge in [0.05, 0.1) is 26.5 Å². The molecule has 0 aliphatic carbocycles. The first kappa shape index (κ1) is 26.1. The normalized spacial score (nSPS) is 15.0. The molecule has 3 aromatic carbocycles. The van der Waals surface area contributed by atoms with Crippen LogP contribution in [-0.2, 0) is 27.3 Å². The molecule has 190 valence electrons. The Morgan fingerprint density at radius 2 is 1.62 bits per heavy atom. The van der Waals surface area contributed by atoms with Gasteiger partial charge in [0, 0.05) is 10.7 Å². The summed E-state index contributed by atoms with van der Waals surface area (Å²) in [6.45, 7) is 0.221. The van der Waals surface area contributed by atoms with E-state index >= 15 is 0 Å². The summed E-state index contributed by atoms with van der Waals surface area (Å²) in [7, 11) is 1.57. The fourth-order valence-corrected chi connectivity index (χ4v) is 4.34. The van der Waals surface area contributed by atoms with Crippen molar-refractivity contribution in [3.63, 3.8) is 0 Å². The number of thiocarbonyl (C=S) groups is 1. The molecule has 37 heavy (non-hydrogen) atoms. The van der Waals surface area contributed by atoms with Gasteiger partial charge in [-0.15, -0.1) is 0 Å². The Labute approximate surface area is 225 Å². The molecule has 3 amide bonds. The van der Waals surface area contributed by atoms with Crippen molar-refractivity contribution >= 4 is 52.3 Å². The summed E-state index contributed by atoms with van der Waals surface area (Å²) in [4.78, 5) is 40.6. The SMILES string of the molecule is COc1ccc(CC(=O)NN2C(=S)N(Cc3ccccc3)C(=O)C2CC(=O)Nc2ccc(Cl)cc2)cc1. The van der Waals surface area contributed by atoms with Crippen LogP contribution in [0.3, 0.4) is 0 Å². The molecule has 8 nitrogen and oxygen atoms in total. The second-order valence-electron chi connectivity index (χ2n) is 8.40. The lowest BCUT2D eigenvalue weighted by Crippen LogP contribution is -2.50. The van der Waals surface area contributed by atoms with Gasteiger partial charge in [0.2, 0.25) is 11.8 Å². The molecular weight excluding hydrogens is 512 g/mol. The molecule has 1 atom stereocenters. The summed E-state index contributed by atoms with van der Waals surface area (Å²) < 4.78 is 5.15. The van der Waals surface area contributed by atoms with E-state index in [9.17, 15) is 14.4 Å². The van der Waals surface area contributed by atoms with Crippen molar-refractivity contribution in [1.82, 2.24) is 15.3 Å². The Bertz CT molecular complexity index is 1290. The smallest absolute Gasteiger partial charge is 0.254 e. The first-order valence-electron chi connectivity index (χ1n) is 11.5. The summed E-state index contributed by atoms with van der Waals surface area (Å²) in [5.41, 5.74) is 4.91. The summed E-state index contributed by atoms with van der Waals surface area (Å²) in [5, 5.41) is 4.74. The van der Waals surface area contributed by atoms with E-state index < -0.39 is 11.9 Å². The molecule has 0 aromatic heterocycles. The molecular formula is C27H25ClN4O4S. The Morgan fingerprint density at radius 3 is 2.27 bits per heavy atom. The van der Waals surface area contributed by atoms with Crippen molar-refractivity contribution < 1.29 is 19.1 Å². The van der Waals surface area contributed by atoms with E-state index in [1.807, 2.05) is 30.3 Å². The zero-order valence-electron chi connectivity index (χ0n) is 20.0. The molecule has 10 heteroatoms. The van der Waals surface area contributed by atoms with E-state index in [1.54, 1.807) is 55.6 Å². The Morgan fingerprint density at radius 1 is 0.946 bits per heavy atom. The molecule has 0 saturated carbocycles. The molecule has 1 saturated heterocycles. The van der Waals surface area contributed by atoms with E-state index in [2.05, 4.69) is 10.7 Å². The van der Waals surface area contributed by atoms with Gasteiger partial charge in [-0.25, -0.2) is 5.01 Å². The van der Waals surface area contributed by atoms with Crippen LogP contribution in [-0.4, -0.2) is 45.9 Å². The number of hydrogen-bond donors (Lipinski definition) is 2. The molecule has 1 unspecified atom stereocenters. The van der Waals surface area contributed by atoms with Crippen LogP contribution in [0.5, 0.6) is 5.75 Å². The maximum Gasteiger partial charge on any atom is 0.254 e. The topological polar surface area (TPSA) is 91.0 Å². The van der Waals surface area contributed by atoms with Gasteiger partial charge in [0.1, 0.15) is 11.8 Å². The van der Waals surface area contributed by atoms with Crippen LogP contribution in [0, 0.1) is 0 Å². The van der Waals surface area contributed by atoms with E-state index in [1.165, 1.54) is 9.91 Å². The number of benzene rings is 3. The number of halogens is 1. The van der Waals surface area contributed by atoms with Crippen molar-refractivity contribution in [3.05, 3.63) is 95.0 Å². The number of carbonyl (C=O) groups excluding carboxylic acids is 3. The molecule has 1 fully saturated rings. The van der Waals surface area contributed by atoms with E-state index in [0.717, 1.165) is 11.1 Å². The summed E-state index contributed by atoms with van der Waals surface area (Å²) in [5.74, 6) is -0.465. The van der Waals surface area contributed by atoms with Crippen LogP contribution >= 0.6 is 23.8 Å². The number of ether oxygens (including phenoxy) is 1. The molecule has 2 N–H and O–H groups in total. The lowest BCUT2D eigenvalue weighted by Gasteiger charge is -2.24. The predicted octanol–water partition coefficient (Wildman–Crippen LogP) is 3.95. The van der Waals surface area contributed by atoms with Crippen molar-refractivity contribution in [2.24, 2.45) is 0 Å². The second-order valence-corrected chi connectivity index (χ2v) is 9.20. The minimum Gasteiger partial charge on any atom is -0.497 e. The van der Waals surface area contributed by atoms with Crippen molar-refractivity contribution in [3.8, 4) is 5.75 Å². The number of nitrogens with one attached hydrogen (secondary N) is 2. The summed E-state index contributed by atoms with van der Waals surface area (Å²) in [6, 6.07) is 22.1. The van der Waals surface area contributed by atoms with Crippen molar-refractivity contribution in [2.45, 2.75) is 25.4 Å².